The molecule has 0 atom stereocenters. The van der Waals surface area contributed by atoms with Crippen LogP contribution in [0.5, 0.6) is 0 Å². The van der Waals surface area contributed by atoms with Crippen LogP contribution in [0.15, 0.2) is 29.6 Å². The highest BCUT2D eigenvalue weighted by molar-refractivity contribution is 7.13. The molecule has 2 aromatic heterocycles. The molecule has 0 aliphatic rings. The van der Waals surface area contributed by atoms with E-state index in [0.29, 0.717) is 16.4 Å². The number of halogens is 2. The van der Waals surface area contributed by atoms with Gasteiger partial charge in [0.15, 0.2) is 0 Å². The van der Waals surface area contributed by atoms with Gasteiger partial charge >= 0.3 is 0 Å². The minimum atomic E-state index is -0.375. The average Bonchev–Trinajstić information content (AvgIpc) is 2.96. The van der Waals surface area contributed by atoms with E-state index in [2.05, 4.69) is 5.10 Å². The number of aryl methyl sites for hydroxylation is 2. The Kier molecular flexibility index (Phi) is 3.47. The number of anilines is 1. The summed E-state index contributed by atoms with van der Waals surface area (Å²) in [7, 11) is 1.78. The first-order chi connectivity index (χ1) is 9.99. The summed E-state index contributed by atoms with van der Waals surface area (Å²) in [5.41, 5.74) is 9.48. The van der Waals surface area contributed by atoms with Gasteiger partial charge in [-0.15, -0.1) is 11.3 Å². The van der Waals surface area contributed by atoms with E-state index in [0.717, 1.165) is 21.7 Å². The van der Waals surface area contributed by atoms with Crippen LogP contribution in [0.4, 0.5) is 10.2 Å². The van der Waals surface area contributed by atoms with E-state index in [1.54, 1.807) is 29.1 Å². The molecule has 0 unspecified atom stereocenters. The number of hydrogen-bond donors (Lipinski definition) is 1. The Morgan fingerprint density at radius 3 is 2.71 bits per heavy atom. The first-order valence-corrected chi connectivity index (χ1v) is 7.57. The second-order valence-corrected chi connectivity index (χ2v) is 6.11. The van der Waals surface area contributed by atoms with Crippen molar-refractivity contribution in [3.8, 4) is 21.7 Å². The lowest BCUT2D eigenvalue weighted by molar-refractivity contribution is 0.628. The molecule has 0 spiro atoms. The molecule has 0 saturated heterocycles. The lowest BCUT2D eigenvalue weighted by Crippen LogP contribution is -1.98. The summed E-state index contributed by atoms with van der Waals surface area (Å²) in [6.07, 6.45) is 0. The monoisotopic (exact) mass is 321 g/mol. The van der Waals surface area contributed by atoms with Crippen molar-refractivity contribution in [1.29, 1.82) is 0 Å². The Labute approximate surface area is 130 Å². The van der Waals surface area contributed by atoms with Crippen LogP contribution in [-0.2, 0) is 7.05 Å². The standard InChI is InChI=1S/C15H13ClFN3S/c1-8-5-6-21-14(8)13-12(15(18)20(2)19-13)10-4-3-9(17)7-11(10)16/h3-7H,18H2,1-2H3. The minimum Gasteiger partial charge on any atom is -0.383 e. The maximum absolute atomic E-state index is 13.3. The van der Waals surface area contributed by atoms with Crippen molar-refractivity contribution >= 4 is 28.8 Å². The quantitative estimate of drug-likeness (QED) is 0.755. The van der Waals surface area contributed by atoms with Crippen LogP contribution in [0.1, 0.15) is 5.56 Å². The minimum absolute atomic E-state index is 0.324. The molecule has 21 heavy (non-hydrogen) atoms. The number of thiophene rings is 1. The first kappa shape index (κ1) is 14.1. The van der Waals surface area contributed by atoms with Crippen LogP contribution >= 0.6 is 22.9 Å². The zero-order valence-corrected chi connectivity index (χ0v) is 13.1. The van der Waals surface area contributed by atoms with Crippen LogP contribution in [0.3, 0.4) is 0 Å². The van der Waals surface area contributed by atoms with Gasteiger partial charge < -0.3 is 5.73 Å². The van der Waals surface area contributed by atoms with Crippen molar-refractivity contribution < 1.29 is 4.39 Å². The lowest BCUT2D eigenvalue weighted by Gasteiger charge is -2.06. The molecular formula is C15H13ClFN3S. The van der Waals surface area contributed by atoms with E-state index in [1.165, 1.54) is 12.1 Å². The van der Waals surface area contributed by atoms with Gasteiger partial charge in [0.25, 0.3) is 0 Å². The van der Waals surface area contributed by atoms with Gasteiger partial charge in [0.1, 0.15) is 17.3 Å². The third-order valence-electron chi connectivity index (χ3n) is 3.37. The fraction of sp³-hybridized carbons (Fsp3) is 0.133. The number of benzene rings is 1. The molecule has 0 saturated carbocycles. The Morgan fingerprint density at radius 1 is 1.33 bits per heavy atom. The molecule has 3 rings (SSSR count). The molecule has 0 fully saturated rings. The molecule has 0 amide bonds. The van der Waals surface area contributed by atoms with E-state index in [4.69, 9.17) is 17.3 Å². The summed E-state index contributed by atoms with van der Waals surface area (Å²) in [6.45, 7) is 2.02. The highest BCUT2D eigenvalue weighted by Crippen LogP contribution is 2.42. The Hall–Kier alpha value is -1.85. The van der Waals surface area contributed by atoms with Gasteiger partial charge in [0.05, 0.1) is 15.5 Å². The maximum Gasteiger partial charge on any atom is 0.130 e. The van der Waals surface area contributed by atoms with Crippen molar-refractivity contribution in [3.05, 3.63) is 46.0 Å². The largest absolute Gasteiger partial charge is 0.383 e. The summed E-state index contributed by atoms with van der Waals surface area (Å²) in [4.78, 5) is 1.04. The number of nitrogen functional groups attached to an aromatic ring is 1. The normalized spacial score (nSPS) is 11.0. The van der Waals surface area contributed by atoms with Gasteiger partial charge in [-0.05, 0) is 42.1 Å². The number of aromatic nitrogens is 2. The van der Waals surface area contributed by atoms with E-state index in [-0.39, 0.29) is 5.82 Å². The molecule has 0 radical (unpaired) electrons. The molecule has 2 heterocycles. The van der Waals surface area contributed by atoms with Crippen molar-refractivity contribution in [3.63, 3.8) is 0 Å². The third-order valence-corrected chi connectivity index (χ3v) is 4.71. The fourth-order valence-corrected chi connectivity index (χ4v) is 3.45. The van der Waals surface area contributed by atoms with Gasteiger partial charge in [0, 0.05) is 12.6 Å². The second-order valence-electron chi connectivity index (χ2n) is 4.79. The molecular weight excluding hydrogens is 309 g/mol. The Morgan fingerprint density at radius 2 is 2.10 bits per heavy atom. The summed E-state index contributed by atoms with van der Waals surface area (Å²) >= 11 is 7.78. The highest BCUT2D eigenvalue weighted by Gasteiger charge is 2.21. The van der Waals surface area contributed by atoms with Crippen LogP contribution in [0, 0.1) is 12.7 Å². The SMILES string of the molecule is Cc1ccsc1-c1nn(C)c(N)c1-c1ccc(F)cc1Cl. The van der Waals surface area contributed by atoms with Crippen LogP contribution < -0.4 is 5.73 Å². The van der Waals surface area contributed by atoms with Crippen LogP contribution in [0.25, 0.3) is 21.7 Å². The van der Waals surface area contributed by atoms with E-state index in [1.807, 2.05) is 18.4 Å². The smallest absolute Gasteiger partial charge is 0.130 e. The molecule has 2 N–H and O–H groups in total. The lowest BCUT2D eigenvalue weighted by atomic mass is 10.0. The summed E-state index contributed by atoms with van der Waals surface area (Å²) in [6, 6.07) is 6.32. The van der Waals surface area contributed by atoms with Gasteiger partial charge in [-0.25, -0.2) is 4.39 Å². The van der Waals surface area contributed by atoms with Crippen LogP contribution in [0.2, 0.25) is 5.02 Å². The summed E-state index contributed by atoms with van der Waals surface area (Å²) < 4.78 is 14.9. The molecule has 3 aromatic rings. The molecule has 3 nitrogen and oxygen atoms in total. The topological polar surface area (TPSA) is 43.8 Å². The predicted octanol–water partition coefficient (Wildman–Crippen LogP) is 4.50. The number of rotatable bonds is 2. The zero-order chi connectivity index (χ0) is 15.1. The second kappa shape index (κ2) is 5.16. The molecule has 1 aromatic carbocycles. The molecule has 6 heteroatoms. The van der Waals surface area contributed by atoms with E-state index < -0.39 is 0 Å². The van der Waals surface area contributed by atoms with Gasteiger partial charge in [-0.1, -0.05) is 11.6 Å². The number of nitrogens with zero attached hydrogens (tertiary/aromatic N) is 2. The van der Waals surface area contributed by atoms with E-state index >= 15 is 0 Å². The Balaban J connectivity index is 2.30. The van der Waals surface area contributed by atoms with Crippen molar-refractivity contribution in [2.24, 2.45) is 7.05 Å². The molecule has 108 valence electrons. The van der Waals surface area contributed by atoms with Crippen molar-refractivity contribution in [1.82, 2.24) is 9.78 Å². The predicted molar refractivity (Wildman–Crippen MR) is 86.1 cm³/mol. The summed E-state index contributed by atoms with van der Waals surface area (Å²) in [5.74, 6) is 0.131. The highest BCUT2D eigenvalue weighted by atomic mass is 35.5. The van der Waals surface area contributed by atoms with Crippen molar-refractivity contribution in [2.45, 2.75) is 6.92 Å². The molecule has 0 bridgehead atoms. The maximum atomic E-state index is 13.3. The number of hydrogen-bond acceptors (Lipinski definition) is 3. The van der Waals surface area contributed by atoms with Gasteiger partial charge in [-0.2, -0.15) is 5.10 Å². The van der Waals surface area contributed by atoms with Crippen molar-refractivity contribution in [2.75, 3.05) is 5.73 Å². The average molecular weight is 322 g/mol. The summed E-state index contributed by atoms with van der Waals surface area (Å²) in [5, 5.41) is 6.83. The fourth-order valence-electron chi connectivity index (χ4n) is 2.27. The van der Waals surface area contributed by atoms with Gasteiger partial charge in [0.2, 0.25) is 0 Å². The third kappa shape index (κ3) is 2.32. The first-order valence-electron chi connectivity index (χ1n) is 6.31. The zero-order valence-electron chi connectivity index (χ0n) is 11.5. The Bertz CT molecular complexity index is 822. The van der Waals surface area contributed by atoms with E-state index in [9.17, 15) is 4.39 Å². The molecule has 0 aliphatic carbocycles. The number of nitrogens with two attached hydrogens (primary N) is 1. The van der Waals surface area contributed by atoms with Crippen LogP contribution in [-0.4, -0.2) is 9.78 Å². The van der Waals surface area contributed by atoms with Gasteiger partial charge in [-0.3, -0.25) is 4.68 Å². The molecule has 0 aliphatic heterocycles.